The summed E-state index contributed by atoms with van der Waals surface area (Å²) in [5, 5.41) is 14.9. The standard InChI is InChI=1S/C28H28N4O3/c1-20(27(33)31-24-11-7-12-25(17-24)32-14-4-5-15-32)30-28(34)21-10-6-13-26(16-21)35-19-23-9-3-2-8-22(23)18-29/h2-3,6-13,16-17,20H,4-5,14-15,19H2,1H3,(H,30,34)(H,31,33). The van der Waals surface area contributed by atoms with Crippen molar-refractivity contribution < 1.29 is 14.3 Å². The van der Waals surface area contributed by atoms with Gasteiger partial charge in [-0.25, -0.2) is 0 Å². The summed E-state index contributed by atoms with van der Waals surface area (Å²) in [7, 11) is 0. The molecule has 1 unspecified atom stereocenters. The van der Waals surface area contributed by atoms with Crippen LogP contribution in [0.2, 0.25) is 0 Å². The van der Waals surface area contributed by atoms with E-state index >= 15 is 0 Å². The molecule has 0 bridgehead atoms. The summed E-state index contributed by atoms with van der Waals surface area (Å²) >= 11 is 0. The van der Waals surface area contributed by atoms with Crippen LogP contribution in [0.4, 0.5) is 11.4 Å². The van der Waals surface area contributed by atoms with Gasteiger partial charge in [0, 0.05) is 35.6 Å². The number of ether oxygens (including phenoxy) is 1. The maximum absolute atomic E-state index is 12.8. The van der Waals surface area contributed by atoms with E-state index < -0.39 is 6.04 Å². The van der Waals surface area contributed by atoms with E-state index in [0.717, 1.165) is 24.3 Å². The maximum Gasteiger partial charge on any atom is 0.252 e. The third-order valence-electron chi connectivity index (χ3n) is 5.95. The zero-order valence-corrected chi connectivity index (χ0v) is 19.7. The topological polar surface area (TPSA) is 94.5 Å². The second-order valence-electron chi connectivity index (χ2n) is 8.51. The van der Waals surface area contributed by atoms with E-state index in [1.807, 2.05) is 36.4 Å². The van der Waals surface area contributed by atoms with Crippen molar-refractivity contribution in [1.29, 1.82) is 5.26 Å². The second kappa shape index (κ2) is 11.2. The van der Waals surface area contributed by atoms with E-state index in [1.54, 1.807) is 43.3 Å². The Balaban J connectivity index is 1.34. The predicted octanol–water partition coefficient (Wildman–Crippen LogP) is 4.49. The van der Waals surface area contributed by atoms with Gasteiger partial charge in [-0.15, -0.1) is 0 Å². The number of carbonyl (C=O) groups is 2. The summed E-state index contributed by atoms with van der Waals surface area (Å²) in [6.07, 6.45) is 2.36. The number of nitrogens with one attached hydrogen (secondary N) is 2. The third kappa shape index (κ3) is 6.18. The Morgan fingerprint density at radius 1 is 1.03 bits per heavy atom. The smallest absolute Gasteiger partial charge is 0.252 e. The molecule has 3 aromatic carbocycles. The Kier molecular flexibility index (Phi) is 7.63. The Labute approximate surface area is 205 Å². The fraction of sp³-hybridized carbons (Fsp3) is 0.250. The summed E-state index contributed by atoms with van der Waals surface area (Å²) < 4.78 is 5.80. The predicted molar refractivity (Wildman–Crippen MR) is 135 cm³/mol. The van der Waals surface area contributed by atoms with E-state index in [2.05, 4.69) is 21.6 Å². The molecule has 0 spiro atoms. The first-order valence-electron chi connectivity index (χ1n) is 11.7. The van der Waals surface area contributed by atoms with Crippen LogP contribution in [-0.4, -0.2) is 30.9 Å². The van der Waals surface area contributed by atoms with E-state index in [4.69, 9.17) is 4.74 Å². The van der Waals surface area contributed by atoms with Gasteiger partial charge in [0.15, 0.2) is 0 Å². The highest BCUT2D eigenvalue weighted by atomic mass is 16.5. The van der Waals surface area contributed by atoms with E-state index in [1.165, 1.54) is 12.8 Å². The molecule has 1 fully saturated rings. The van der Waals surface area contributed by atoms with Crippen LogP contribution in [-0.2, 0) is 11.4 Å². The molecule has 1 heterocycles. The Hall–Kier alpha value is -4.31. The van der Waals surface area contributed by atoms with Crippen LogP contribution in [0, 0.1) is 11.3 Å². The van der Waals surface area contributed by atoms with E-state index in [9.17, 15) is 14.9 Å². The number of benzene rings is 3. The summed E-state index contributed by atoms with van der Waals surface area (Å²) in [4.78, 5) is 27.8. The van der Waals surface area contributed by atoms with Crippen LogP contribution in [0.25, 0.3) is 0 Å². The van der Waals surface area contributed by atoms with Gasteiger partial charge in [0.05, 0.1) is 11.6 Å². The molecule has 1 aliphatic rings. The Morgan fingerprint density at radius 3 is 2.60 bits per heavy atom. The Bertz CT molecular complexity index is 1240. The van der Waals surface area contributed by atoms with Gasteiger partial charge in [0.2, 0.25) is 5.91 Å². The average Bonchev–Trinajstić information content (AvgIpc) is 3.43. The van der Waals surface area contributed by atoms with Crippen molar-refractivity contribution in [3.63, 3.8) is 0 Å². The highest BCUT2D eigenvalue weighted by Crippen LogP contribution is 2.23. The summed E-state index contributed by atoms with van der Waals surface area (Å²) in [6.45, 7) is 3.91. The number of anilines is 2. The van der Waals surface area contributed by atoms with E-state index in [-0.39, 0.29) is 18.4 Å². The number of hydrogen-bond donors (Lipinski definition) is 2. The quantitative estimate of drug-likeness (QED) is 0.508. The molecule has 3 aromatic rings. The summed E-state index contributed by atoms with van der Waals surface area (Å²) in [5.41, 5.74) is 3.49. The minimum atomic E-state index is -0.731. The second-order valence-corrected chi connectivity index (χ2v) is 8.51. The van der Waals surface area contributed by atoms with Crippen molar-refractivity contribution in [2.75, 3.05) is 23.3 Å². The van der Waals surface area contributed by atoms with Crippen LogP contribution in [0.1, 0.15) is 41.3 Å². The Morgan fingerprint density at radius 2 is 1.80 bits per heavy atom. The van der Waals surface area contributed by atoms with Crippen LogP contribution in [0.15, 0.2) is 72.8 Å². The molecule has 0 aliphatic carbocycles. The molecule has 1 atom stereocenters. The van der Waals surface area contributed by atoms with Gasteiger partial charge in [0.25, 0.3) is 5.91 Å². The normalized spacial score (nSPS) is 13.5. The first-order chi connectivity index (χ1) is 17.0. The number of rotatable bonds is 8. The van der Waals surface area contributed by atoms with Gasteiger partial charge in [-0.3, -0.25) is 9.59 Å². The van der Waals surface area contributed by atoms with Crippen LogP contribution in [0.3, 0.4) is 0 Å². The van der Waals surface area contributed by atoms with Crippen molar-refractivity contribution in [2.45, 2.75) is 32.4 Å². The molecule has 2 amide bonds. The van der Waals surface area contributed by atoms with Gasteiger partial charge < -0.3 is 20.3 Å². The van der Waals surface area contributed by atoms with E-state index in [0.29, 0.717) is 22.6 Å². The number of amides is 2. The lowest BCUT2D eigenvalue weighted by atomic mass is 10.1. The molecule has 7 nitrogen and oxygen atoms in total. The van der Waals surface area contributed by atoms with Gasteiger partial charge in [-0.2, -0.15) is 5.26 Å². The van der Waals surface area contributed by atoms with Crippen molar-refractivity contribution in [3.8, 4) is 11.8 Å². The van der Waals surface area contributed by atoms with Crippen molar-refractivity contribution in [3.05, 3.63) is 89.5 Å². The zero-order chi connectivity index (χ0) is 24.6. The molecule has 0 aromatic heterocycles. The van der Waals surface area contributed by atoms with Gasteiger partial charge >= 0.3 is 0 Å². The zero-order valence-electron chi connectivity index (χ0n) is 19.7. The molecular weight excluding hydrogens is 440 g/mol. The molecular formula is C28H28N4O3. The molecule has 4 rings (SSSR count). The summed E-state index contributed by atoms with van der Waals surface area (Å²) in [5.74, 6) is -0.167. The van der Waals surface area contributed by atoms with Gasteiger partial charge in [-0.1, -0.05) is 30.3 Å². The number of carbonyl (C=O) groups excluding carboxylic acids is 2. The molecule has 2 N–H and O–H groups in total. The van der Waals surface area contributed by atoms with Crippen molar-refractivity contribution in [1.82, 2.24) is 5.32 Å². The summed E-state index contributed by atoms with van der Waals surface area (Å²) in [6, 6.07) is 23.1. The van der Waals surface area contributed by atoms with Gasteiger partial charge in [-0.05, 0) is 62.2 Å². The molecule has 1 aliphatic heterocycles. The molecule has 178 valence electrons. The van der Waals surface area contributed by atoms with Crippen molar-refractivity contribution in [2.24, 2.45) is 0 Å². The molecule has 7 heteroatoms. The lowest BCUT2D eigenvalue weighted by Gasteiger charge is -2.19. The first kappa shape index (κ1) is 23.8. The molecule has 0 saturated carbocycles. The van der Waals surface area contributed by atoms with Crippen LogP contribution in [0.5, 0.6) is 5.75 Å². The highest BCUT2D eigenvalue weighted by molar-refractivity contribution is 6.01. The average molecular weight is 469 g/mol. The monoisotopic (exact) mass is 468 g/mol. The van der Waals surface area contributed by atoms with Crippen LogP contribution >= 0.6 is 0 Å². The van der Waals surface area contributed by atoms with Gasteiger partial charge in [0.1, 0.15) is 18.4 Å². The molecule has 0 radical (unpaired) electrons. The fourth-order valence-corrected chi connectivity index (χ4v) is 4.00. The minimum Gasteiger partial charge on any atom is -0.489 e. The first-order valence-corrected chi connectivity index (χ1v) is 11.7. The number of hydrogen-bond acceptors (Lipinski definition) is 5. The lowest BCUT2D eigenvalue weighted by Crippen LogP contribution is -2.41. The third-order valence-corrected chi connectivity index (χ3v) is 5.95. The van der Waals surface area contributed by atoms with Crippen molar-refractivity contribution >= 4 is 23.2 Å². The lowest BCUT2D eigenvalue weighted by molar-refractivity contribution is -0.117. The minimum absolute atomic E-state index is 0.212. The largest absolute Gasteiger partial charge is 0.489 e. The molecule has 1 saturated heterocycles. The fourth-order valence-electron chi connectivity index (χ4n) is 4.00. The van der Waals surface area contributed by atoms with Crippen LogP contribution < -0.4 is 20.3 Å². The molecule has 35 heavy (non-hydrogen) atoms. The SMILES string of the molecule is CC(NC(=O)c1cccc(OCc2ccccc2C#N)c1)C(=O)Nc1cccc(N2CCCC2)c1. The number of nitriles is 1. The maximum atomic E-state index is 12.8. The highest BCUT2D eigenvalue weighted by Gasteiger charge is 2.18. The number of nitrogens with zero attached hydrogens (tertiary/aromatic N) is 2.